The summed E-state index contributed by atoms with van der Waals surface area (Å²) in [6.45, 7) is 0. The molecule has 0 atom stereocenters. The van der Waals surface area contributed by atoms with E-state index >= 15 is 0 Å². The normalized spacial score (nSPS) is 11.8. The number of para-hydroxylation sites is 1. The zero-order valence-corrected chi connectivity index (χ0v) is 14.1. The number of H-pyrrole nitrogens is 2. The molecule has 0 radical (unpaired) electrons. The van der Waals surface area contributed by atoms with Crippen LogP contribution in [0.5, 0.6) is 0 Å². The summed E-state index contributed by atoms with van der Waals surface area (Å²) in [6.07, 6.45) is 0. The van der Waals surface area contributed by atoms with Crippen molar-refractivity contribution in [2.24, 2.45) is 0 Å². The van der Waals surface area contributed by atoms with E-state index in [1.807, 2.05) is 0 Å². The zero-order valence-electron chi connectivity index (χ0n) is 14.1. The highest BCUT2D eigenvalue weighted by Crippen LogP contribution is 2.37. The lowest BCUT2D eigenvalue weighted by Gasteiger charge is -2.04. The molecule has 26 heavy (non-hydrogen) atoms. The number of aromatic nitrogens is 2. The molecule has 2 heterocycles. The summed E-state index contributed by atoms with van der Waals surface area (Å²) in [5, 5.41) is 5.12. The number of hydrogen-bond acceptors (Lipinski definition) is 0. The molecule has 0 saturated carbocycles. The predicted molar refractivity (Wildman–Crippen MR) is 111 cm³/mol. The molecule has 0 saturated heterocycles. The number of benzene rings is 4. The second-order valence-corrected chi connectivity index (χ2v) is 6.83. The highest BCUT2D eigenvalue weighted by molar-refractivity contribution is 6.20. The third kappa shape index (κ3) is 1.81. The van der Waals surface area contributed by atoms with Crippen LogP contribution in [-0.2, 0) is 0 Å². The van der Waals surface area contributed by atoms with Gasteiger partial charge in [-0.25, -0.2) is 0 Å². The van der Waals surface area contributed by atoms with E-state index in [-0.39, 0.29) is 0 Å². The molecular formula is C24H16N2. The van der Waals surface area contributed by atoms with Crippen molar-refractivity contribution in [2.45, 2.75) is 0 Å². The summed E-state index contributed by atoms with van der Waals surface area (Å²) in [7, 11) is 0. The van der Waals surface area contributed by atoms with E-state index in [0.29, 0.717) is 0 Å². The molecule has 4 aromatic carbocycles. The van der Waals surface area contributed by atoms with E-state index in [0.717, 1.165) is 0 Å². The van der Waals surface area contributed by atoms with Gasteiger partial charge in [0.15, 0.2) is 0 Å². The highest BCUT2D eigenvalue weighted by atomic mass is 14.7. The molecule has 6 rings (SSSR count). The summed E-state index contributed by atoms with van der Waals surface area (Å²) < 4.78 is 0. The minimum absolute atomic E-state index is 1.17. The summed E-state index contributed by atoms with van der Waals surface area (Å²) in [5.41, 5.74) is 7.22. The van der Waals surface area contributed by atoms with Gasteiger partial charge in [-0.15, -0.1) is 0 Å². The summed E-state index contributed by atoms with van der Waals surface area (Å²) >= 11 is 0. The van der Waals surface area contributed by atoms with Crippen LogP contribution < -0.4 is 0 Å². The van der Waals surface area contributed by atoms with Gasteiger partial charge in [0.2, 0.25) is 0 Å². The molecule has 0 fully saturated rings. The van der Waals surface area contributed by atoms with E-state index in [4.69, 9.17) is 0 Å². The van der Waals surface area contributed by atoms with Gasteiger partial charge in [-0.2, -0.15) is 0 Å². The van der Waals surface area contributed by atoms with Crippen molar-refractivity contribution >= 4 is 43.6 Å². The van der Waals surface area contributed by atoms with Gasteiger partial charge in [0.25, 0.3) is 0 Å². The standard InChI is InChI=1S/C24H16N2/c1-2-7-15(8-3-1)16-10-6-12-21-24(16)19-13-18-17-9-4-5-11-20(17)25-22(18)14-23(19)26-21/h1-14,25-26H. The van der Waals surface area contributed by atoms with Gasteiger partial charge in [-0.05, 0) is 35.4 Å². The molecule has 2 nitrogen and oxygen atoms in total. The fraction of sp³-hybridized carbons (Fsp3) is 0. The molecule has 0 amide bonds. The van der Waals surface area contributed by atoms with Crippen molar-refractivity contribution in [3.05, 3.63) is 84.9 Å². The summed E-state index contributed by atoms with van der Waals surface area (Å²) in [5.74, 6) is 0. The fourth-order valence-corrected chi connectivity index (χ4v) is 4.16. The van der Waals surface area contributed by atoms with E-state index in [9.17, 15) is 0 Å². The van der Waals surface area contributed by atoms with Crippen LogP contribution in [-0.4, -0.2) is 9.97 Å². The lowest BCUT2D eigenvalue weighted by Crippen LogP contribution is -1.79. The van der Waals surface area contributed by atoms with Crippen LogP contribution in [0, 0.1) is 0 Å². The van der Waals surface area contributed by atoms with E-state index < -0.39 is 0 Å². The van der Waals surface area contributed by atoms with Crippen LogP contribution in [0.2, 0.25) is 0 Å². The average molecular weight is 332 g/mol. The van der Waals surface area contributed by atoms with Crippen molar-refractivity contribution in [1.82, 2.24) is 9.97 Å². The third-order valence-electron chi connectivity index (χ3n) is 5.33. The Labute approximate surface area is 150 Å². The minimum atomic E-state index is 1.17. The van der Waals surface area contributed by atoms with Gasteiger partial charge in [-0.1, -0.05) is 60.7 Å². The van der Waals surface area contributed by atoms with Crippen molar-refractivity contribution in [2.75, 3.05) is 0 Å². The van der Waals surface area contributed by atoms with Crippen LogP contribution >= 0.6 is 0 Å². The summed E-state index contributed by atoms with van der Waals surface area (Å²) in [6, 6.07) is 30.2. The highest BCUT2D eigenvalue weighted by Gasteiger charge is 2.13. The Morgan fingerprint density at radius 2 is 1.19 bits per heavy atom. The van der Waals surface area contributed by atoms with Gasteiger partial charge in [0.05, 0.1) is 0 Å². The minimum Gasteiger partial charge on any atom is -0.354 e. The fourth-order valence-electron chi connectivity index (χ4n) is 4.16. The van der Waals surface area contributed by atoms with E-state index in [2.05, 4.69) is 94.9 Å². The molecule has 0 bridgehead atoms. The average Bonchev–Trinajstić information content (AvgIpc) is 3.24. The lowest BCUT2D eigenvalue weighted by molar-refractivity contribution is 1.52. The number of aromatic amines is 2. The number of fused-ring (bicyclic) bond motifs is 6. The molecule has 0 spiro atoms. The molecule has 0 aliphatic carbocycles. The smallest absolute Gasteiger partial charge is 0.0486 e. The van der Waals surface area contributed by atoms with Gasteiger partial charge in [0.1, 0.15) is 0 Å². The quantitative estimate of drug-likeness (QED) is 0.339. The molecule has 122 valence electrons. The predicted octanol–water partition coefficient (Wildman–Crippen LogP) is 6.62. The van der Waals surface area contributed by atoms with Crippen molar-refractivity contribution in [1.29, 1.82) is 0 Å². The first kappa shape index (κ1) is 13.7. The Bertz CT molecular complexity index is 1420. The monoisotopic (exact) mass is 332 g/mol. The van der Waals surface area contributed by atoms with Gasteiger partial charge >= 0.3 is 0 Å². The molecule has 6 aromatic rings. The molecule has 2 N–H and O–H groups in total. The Hall–Kier alpha value is -3.52. The number of rotatable bonds is 1. The lowest BCUT2D eigenvalue weighted by atomic mass is 9.99. The topological polar surface area (TPSA) is 31.6 Å². The number of hydrogen-bond donors (Lipinski definition) is 2. The van der Waals surface area contributed by atoms with Crippen LogP contribution in [0.1, 0.15) is 0 Å². The van der Waals surface area contributed by atoms with Crippen LogP contribution in [0.15, 0.2) is 84.9 Å². The second kappa shape index (κ2) is 4.99. The number of nitrogens with one attached hydrogen (secondary N) is 2. The van der Waals surface area contributed by atoms with Crippen LogP contribution in [0.4, 0.5) is 0 Å². The Morgan fingerprint density at radius 1 is 0.462 bits per heavy atom. The molecule has 0 aliphatic heterocycles. The molecule has 2 heteroatoms. The first-order chi connectivity index (χ1) is 12.9. The molecule has 0 aliphatic rings. The SMILES string of the molecule is c1ccc(-c2cccc3[nH]c4cc5[nH]c6ccccc6c5cc4c23)cc1. The first-order valence-electron chi connectivity index (χ1n) is 8.89. The molecule has 0 unspecified atom stereocenters. The molecule has 2 aromatic heterocycles. The van der Waals surface area contributed by atoms with Gasteiger partial charge in [-0.3, -0.25) is 0 Å². The Kier molecular flexibility index (Phi) is 2.64. The summed E-state index contributed by atoms with van der Waals surface area (Å²) in [4.78, 5) is 7.15. The van der Waals surface area contributed by atoms with Crippen LogP contribution in [0.25, 0.3) is 54.7 Å². The third-order valence-corrected chi connectivity index (χ3v) is 5.33. The van der Waals surface area contributed by atoms with E-state index in [1.54, 1.807) is 0 Å². The van der Waals surface area contributed by atoms with Crippen LogP contribution in [0.3, 0.4) is 0 Å². The van der Waals surface area contributed by atoms with Crippen molar-refractivity contribution in [3.63, 3.8) is 0 Å². The largest absolute Gasteiger partial charge is 0.354 e. The second-order valence-electron chi connectivity index (χ2n) is 6.83. The Balaban J connectivity index is 1.79. The Morgan fingerprint density at radius 3 is 2.12 bits per heavy atom. The van der Waals surface area contributed by atoms with Gasteiger partial charge < -0.3 is 9.97 Å². The maximum Gasteiger partial charge on any atom is 0.0486 e. The zero-order chi connectivity index (χ0) is 17.1. The maximum atomic E-state index is 3.60. The van der Waals surface area contributed by atoms with E-state index in [1.165, 1.54) is 54.7 Å². The van der Waals surface area contributed by atoms with Gasteiger partial charge in [0, 0.05) is 43.6 Å². The van der Waals surface area contributed by atoms with Crippen molar-refractivity contribution in [3.8, 4) is 11.1 Å². The first-order valence-corrected chi connectivity index (χ1v) is 8.89. The maximum absolute atomic E-state index is 3.60. The van der Waals surface area contributed by atoms with Crippen molar-refractivity contribution < 1.29 is 0 Å². The molecular weight excluding hydrogens is 316 g/mol.